The first-order valence-corrected chi connectivity index (χ1v) is 12.5. The largest absolute Gasteiger partial charge is 0.460 e. The molecule has 0 bridgehead atoms. The van der Waals surface area contributed by atoms with E-state index in [9.17, 15) is 22.4 Å². The highest BCUT2D eigenvalue weighted by Gasteiger charge is 2.23. The molecule has 0 unspecified atom stereocenters. The van der Waals surface area contributed by atoms with Gasteiger partial charge in [0.1, 0.15) is 12.2 Å². The Morgan fingerprint density at radius 1 is 0.618 bits per heavy atom. The maximum absolute atomic E-state index is 13.5. The van der Waals surface area contributed by atoms with E-state index in [4.69, 9.17) is 14.2 Å². The van der Waals surface area contributed by atoms with Gasteiger partial charge in [-0.1, -0.05) is 44.9 Å². The molecule has 0 heterocycles. The lowest BCUT2D eigenvalue weighted by Gasteiger charge is -2.08. The second-order valence-corrected chi connectivity index (χ2v) is 8.17. The average molecular weight is 513 g/mol. The van der Waals surface area contributed by atoms with Crippen molar-refractivity contribution in [3.8, 4) is 0 Å². The van der Waals surface area contributed by atoms with Gasteiger partial charge in [-0.05, 0) is 24.7 Å². The molecular formula is C24H36F4O5S. The van der Waals surface area contributed by atoms with E-state index < -0.39 is 34.8 Å². The molecule has 0 saturated carbocycles. The van der Waals surface area contributed by atoms with E-state index in [2.05, 4.69) is 17.4 Å². The predicted octanol–water partition coefficient (Wildman–Crippen LogP) is 5.89. The predicted molar refractivity (Wildman–Crippen MR) is 124 cm³/mol. The maximum atomic E-state index is 13.5. The van der Waals surface area contributed by atoms with E-state index in [0.29, 0.717) is 19.8 Å². The van der Waals surface area contributed by atoms with Gasteiger partial charge in [0.05, 0.1) is 33.0 Å². The van der Waals surface area contributed by atoms with E-state index in [1.807, 2.05) is 0 Å². The summed E-state index contributed by atoms with van der Waals surface area (Å²) in [7, 11) is 0. The molecule has 0 atom stereocenters. The van der Waals surface area contributed by atoms with E-state index in [-0.39, 0.29) is 25.9 Å². The topological polar surface area (TPSA) is 54.0 Å². The van der Waals surface area contributed by atoms with Crippen LogP contribution in [-0.4, -0.2) is 58.0 Å². The Bertz CT molecular complexity index is 694. The van der Waals surface area contributed by atoms with Gasteiger partial charge in [0.2, 0.25) is 0 Å². The van der Waals surface area contributed by atoms with Gasteiger partial charge in [-0.25, -0.2) is 22.4 Å². The lowest BCUT2D eigenvalue weighted by molar-refractivity contribution is 0.0000232. The number of rotatable bonds is 21. The molecule has 34 heavy (non-hydrogen) atoms. The summed E-state index contributed by atoms with van der Waals surface area (Å²) in [5.41, 5.74) is -1.02. The Balaban J connectivity index is 1.88. The molecule has 0 aliphatic heterocycles. The molecule has 0 amide bonds. The summed E-state index contributed by atoms with van der Waals surface area (Å²) in [6.07, 6.45) is 11.2. The van der Waals surface area contributed by atoms with Crippen LogP contribution in [0.2, 0.25) is 0 Å². The lowest BCUT2D eigenvalue weighted by atomic mass is 10.1. The van der Waals surface area contributed by atoms with Crippen molar-refractivity contribution in [1.29, 1.82) is 0 Å². The SMILES string of the molecule is O=C(OCCOCCOCCOCCCCCCCCCCCS)c1cc(F)c(F)c(F)c1F. The van der Waals surface area contributed by atoms with Gasteiger partial charge in [0.25, 0.3) is 0 Å². The molecule has 0 aliphatic rings. The summed E-state index contributed by atoms with van der Waals surface area (Å²) in [4.78, 5) is 11.7. The standard InChI is InChI=1S/C24H36F4O5S/c25-20-18-19(21(26)23(28)22(20)27)24(29)33-16-15-32-14-13-31-12-11-30-10-8-6-4-2-1-3-5-7-9-17-34/h18,34H,1-17H2. The van der Waals surface area contributed by atoms with Crippen LogP contribution in [0.3, 0.4) is 0 Å². The second-order valence-electron chi connectivity index (χ2n) is 7.73. The molecule has 1 aromatic rings. The minimum absolute atomic E-state index is 0.0188. The zero-order chi connectivity index (χ0) is 25.0. The van der Waals surface area contributed by atoms with E-state index in [1.165, 1.54) is 51.4 Å². The first-order chi connectivity index (χ1) is 16.5. The summed E-state index contributed by atoms with van der Waals surface area (Å²) in [5.74, 6) is -7.85. The number of carbonyl (C=O) groups excluding carboxylic acids is 1. The molecule has 0 N–H and O–H groups in total. The van der Waals surface area contributed by atoms with Gasteiger partial charge in [0, 0.05) is 6.61 Å². The van der Waals surface area contributed by atoms with Gasteiger partial charge >= 0.3 is 5.97 Å². The van der Waals surface area contributed by atoms with E-state index in [0.717, 1.165) is 18.8 Å². The van der Waals surface area contributed by atoms with Crippen molar-refractivity contribution in [2.45, 2.75) is 57.8 Å². The first kappa shape index (κ1) is 30.7. The van der Waals surface area contributed by atoms with Crippen molar-refractivity contribution < 1.29 is 41.3 Å². The summed E-state index contributed by atoms with van der Waals surface area (Å²) in [6, 6.07) is 0.251. The van der Waals surface area contributed by atoms with Crippen LogP contribution in [0, 0.1) is 23.3 Å². The molecule has 1 aromatic carbocycles. The highest BCUT2D eigenvalue weighted by Crippen LogP contribution is 2.19. The van der Waals surface area contributed by atoms with Crippen LogP contribution in [0.4, 0.5) is 17.6 Å². The molecule has 0 radical (unpaired) electrons. The molecular weight excluding hydrogens is 476 g/mol. The van der Waals surface area contributed by atoms with Crippen molar-refractivity contribution in [2.24, 2.45) is 0 Å². The summed E-state index contributed by atoms with van der Waals surface area (Å²) >= 11 is 4.21. The van der Waals surface area contributed by atoms with Crippen LogP contribution in [0.1, 0.15) is 68.1 Å². The van der Waals surface area contributed by atoms with Gasteiger partial charge in [-0.15, -0.1) is 0 Å². The lowest BCUT2D eigenvalue weighted by Crippen LogP contribution is -2.16. The molecule has 5 nitrogen and oxygen atoms in total. The molecule has 196 valence electrons. The first-order valence-electron chi connectivity index (χ1n) is 11.8. The molecule has 0 fully saturated rings. The third kappa shape index (κ3) is 13.5. The number of thiol groups is 1. The quantitative estimate of drug-likeness (QED) is 0.0556. The van der Waals surface area contributed by atoms with Gasteiger partial charge < -0.3 is 18.9 Å². The van der Waals surface area contributed by atoms with Crippen molar-refractivity contribution in [2.75, 3.05) is 52.0 Å². The highest BCUT2D eigenvalue weighted by atomic mass is 32.1. The monoisotopic (exact) mass is 512 g/mol. The normalized spacial score (nSPS) is 11.2. The smallest absolute Gasteiger partial charge is 0.341 e. The maximum Gasteiger partial charge on any atom is 0.341 e. The van der Waals surface area contributed by atoms with Crippen LogP contribution in [-0.2, 0) is 18.9 Å². The van der Waals surface area contributed by atoms with Crippen LogP contribution < -0.4 is 0 Å². The number of unbranched alkanes of at least 4 members (excludes halogenated alkanes) is 8. The highest BCUT2D eigenvalue weighted by molar-refractivity contribution is 7.80. The molecule has 0 spiro atoms. The number of hydrogen-bond donors (Lipinski definition) is 1. The fourth-order valence-electron chi connectivity index (χ4n) is 3.09. The van der Waals surface area contributed by atoms with Crippen molar-refractivity contribution in [3.63, 3.8) is 0 Å². The Labute approximate surface area is 204 Å². The third-order valence-corrected chi connectivity index (χ3v) is 5.29. The van der Waals surface area contributed by atoms with Crippen LogP contribution in [0.15, 0.2) is 6.07 Å². The molecule has 0 saturated heterocycles. The molecule has 0 aromatic heterocycles. The summed E-state index contributed by atoms with van der Waals surface area (Å²) < 4.78 is 73.4. The van der Waals surface area contributed by atoms with Crippen molar-refractivity contribution in [3.05, 3.63) is 34.9 Å². The van der Waals surface area contributed by atoms with E-state index >= 15 is 0 Å². The summed E-state index contributed by atoms with van der Waals surface area (Å²) in [6.45, 7) is 1.92. The Morgan fingerprint density at radius 2 is 1.09 bits per heavy atom. The van der Waals surface area contributed by atoms with Crippen molar-refractivity contribution >= 4 is 18.6 Å². The van der Waals surface area contributed by atoms with E-state index in [1.54, 1.807) is 0 Å². The Hall–Kier alpha value is -1.36. The van der Waals surface area contributed by atoms with Crippen LogP contribution in [0.5, 0.6) is 0 Å². The Morgan fingerprint density at radius 3 is 1.65 bits per heavy atom. The van der Waals surface area contributed by atoms with Crippen molar-refractivity contribution in [1.82, 2.24) is 0 Å². The average Bonchev–Trinajstić information content (AvgIpc) is 2.83. The Kier molecular flexibility index (Phi) is 17.9. The zero-order valence-electron chi connectivity index (χ0n) is 19.6. The van der Waals surface area contributed by atoms with Gasteiger partial charge in [-0.2, -0.15) is 12.6 Å². The fraction of sp³-hybridized carbons (Fsp3) is 0.708. The number of hydrogen-bond acceptors (Lipinski definition) is 6. The number of halogens is 4. The second kappa shape index (κ2) is 19.9. The third-order valence-electron chi connectivity index (χ3n) is 4.97. The number of carbonyl (C=O) groups is 1. The van der Waals surface area contributed by atoms with Crippen LogP contribution in [0.25, 0.3) is 0 Å². The number of ether oxygens (including phenoxy) is 4. The number of esters is 1. The molecule has 10 heteroatoms. The zero-order valence-corrected chi connectivity index (χ0v) is 20.5. The van der Waals surface area contributed by atoms with Gasteiger partial charge in [-0.3, -0.25) is 0 Å². The minimum Gasteiger partial charge on any atom is -0.460 e. The summed E-state index contributed by atoms with van der Waals surface area (Å²) in [5, 5.41) is 0. The molecule has 1 rings (SSSR count). The van der Waals surface area contributed by atoms with Gasteiger partial charge in [0.15, 0.2) is 23.3 Å². The molecule has 0 aliphatic carbocycles. The number of benzene rings is 1. The fourth-order valence-corrected chi connectivity index (χ4v) is 3.31. The minimum atomic E-state index is -2.06. The van der Waals surface area contributed by atoms with Crippen LogP contribution >= 0.6 is 12.6 Å².